The van der Waals surface area contributed by atoms with E-state index in [1.807, 2.05) is 0 Å². The summed E-state index contributed by atoms with van der Waals surface area (Å²) in [7, 11) is 0. The second-order valence-electron chi connectivity index (χ2n) is 6.25. The Balaban J connectivity index is 3.06. The molecule has 0 saturated heterocycles. The maximum absolute atomic E-state index is 10.6. The lowest BCUT2D eigenvalue weighted by molar-refractivity contribution is -0.132. The minimum Gasteiger partial charge on any atom is -0.478 e. The Morgan fingerprint density at radius 3 is 1.38 bits per heavy atom. The van der Waals surface area contributed by atoms with Gasteiger partial charge in [0.25, 0.3) is 0 Å². The number of carbonyl (C=O) groups is 1. The largest absolute Gasteiger partial charge is 0.478 e. The summed E-state index contributed by atoms with van der Waals surface area (Å²) in [6, 6.07) is 0. The average Bonchev–Trinajstić information content (AvgIpc) is 2.47. The van der Waals surface area contributed by atoms with Crippen LogP contribution in [0.5, 0.6) is 0 Å². The molecular weight excluding hydrogens is 260 g/mol. The van der Waals surface area contributed by atoms with Crippen LogP contribution in [0.2, 0.25) is 0 Å². The first-order chi connectivity index (χ1) is 10.2. The van der Waals surface area contributed by atoms with Gasteiger partial charge in [0, 0.05) is 5.57 Å². The van der Waals surface area contributed by atoms with Gasteiger partial charge >= 0.3 is 5.97 Å². The molecule has 0 aliphatic carbocycles. The standard InChI is InChI=1S/C19H36O2/c1-3-4-5-6-7-8-9-10-11-12-13-14-15-16-17-18(2)19(20)21/h2-17H2,1H3,(H,20,21). The van der Waals surface area contributed by atoms with E-state index in [2.05, 4.69) is 13.5 Å². The van der Waals surface area contributed by atoms with Gasteiger partial charge in [0.05, 0.1) is 0 Å². The van der Waals surface area contributed by atoms with Gasteiger partial charge in [-0.1, -0.05) is 97.0 Å². The minimum absolute atomic E-state index is 0.355. The normalized spacial score (nSPS) is 10.7. The molecule has 0 unspecified atom stereocenters. The van der Waals surface area contributed by atoms with E-state index in [4.69, 9.17) is 5.11 Å². The Labute approximate surface area is 132 Å². The molecular formula is C19H36O2. The Bertz CT molecular complexity index is 258. The van der Waals surface area contributed by atoms with Crippen molar-refractivity contribution in [2.75, 3.05) is 0 Å². The molecule has 21 heavy (non-hydrogen) atoms. The van der Waals surface area contributed by atoms with Gasteiger partial charge in [0.15, 0.2) is 0 Å². The molecule has 0 aliphatic heterocycles. The molecule has 0 heterocycles. The fourth-order valence-corrected chi connectivity index (χ4v) is 2.64. The maximum atomic E-state index is 10.6. The van der Waals surface area contributed by atoms with Crippen molar-refractivity contribution in [2.24, 2.45) is 0 Å². The highest BCUT2D eigenvalue weighted by atomic mass is 16.4. The topological polar surface area (TPSA) is 37.3 Å². The van der Waals surface area contributed by atoms with Crippen LogP contribution in [0.3, 0.4) is 0 Å². The third-order valence-corrected chi connectivity index (χ3v) is 4.13. The first kappa shape index (κ1) is 20.2. The van der Waals surface area contributed by atoms with Crippen molar-refractivity contribution in [1.29, 1.82) is 0 Å². The van der Waals surface area contributed by atoms with Crippen LogP contribution in [-0.4, -0.2) is 11.1 Å². The zero-order chi connectivity index (χ0) is 15.8. The Morgan fingerprint density at radius 1 is 0.714 bits per heavy atom. The molecule has 0 aromatic carbocycles. The summed E-state index contributed by atoms with van der Waals surface area (Å²) in [5.41, 5.74) is 0.355. The van der Waals surface area contributed by atoms with Crippen LogP contribution in [0, 0.1) is 0 Å². The monoisotopic (exact) mass is 296 g/mol. The molecule has 1 N–H and O–H groups in total. The van der Waals surface area contributed by atoms with Crippen LogP contribution in [-0.2, 0) is 4.79 Å². The summed E-state index contributed by atoms with van der Waals surface area (Å²) in [5, 5.41) is 8.69. The van der Waals surface area contributed by atoms with Gasteiger partial charge in [-0.3, -0.25) is 0 Å². The predicted octanol–water partition coefficient (Wildman–Crippen LogP) is 6.50. The fraction of sp³-hybridized carbons (Fsp3) is 0.842. The molecule has 0 bridgehead atoms. The molecule has 2 heteroatoms. The van der Waals surface area contributed by atoms with Crippen LogP contribution >= 0.6 is 0 Å². The molecule has 0 saturated carbocycles. The molecule has 0 rings (SSSR count). The molecule has 2 nitrogen and oxygen atoms in total. The number of unbranched alkanes of at least 4 members (excludes halogenated alkanes) is 13. The zero-order valence-electron chi connectivity index (χ0n) is 14.2. The third kappa shape index (κ3) is 15.4. The summed E-state index contributed by atoms with van der Waals surface area (Å²) in [6.45, 7) is 5.82. The number of carboxylic acid groups (broad SMARTS) is 1. The molecule has 0 radical (unpaired) electrons. The van der Waals surface area contributed by atoms with E-state index in [-0.39, 0.29) is 0 Å². The van der Waals surface area contributed by atoms with Crippen LogP contribution in [0.4, 0.5) is 0 Å². The van der Waals surface area contributed by atoms with Crippen LogP contribution in [0.15, 0.2) is 12.2 Å². The molecule has 0 fully saturated rings. The quantitative estimate of drug-likeness (QED) is 0.261. The molecule has 0 aromatic rings. The highest BCUT2D eigenvalue weighted by Crippen LogP contribution is 2.14. The van der Waals surface area contributed by atoms with Crippen molar-refractivity contribution < 1.29 is 9.90 Å². The summed E-state index contributed by atoms with van der Waals surface area (Å²) in [5.74, 6) is -0.843. The summed E-state index contributed by atoms with van der Waals surface area (Å²) in [6.07, 6.45) is 19.2. The van der Waals surface area contributed by atoms with Crippen molar-refractivity contribution in [3.8, 4) is 0 Å². The number of hydrogen-bond acceptors (Lipinski definition) is 1. The highest BCUT2D eigenvalue weighted by Gasteiger charge is 2.02. The van der Waals surface area contributed by atoms with E-state index in [9.17, 15) is 4.79 Å². The Hall–Kier alpha value is -0.790. The van der Waals surface area contributed by atoms with Gasteiger partial charge in [-0.15, -0.1) is 0 Å². The maximum Gasteiger partial charge on any atom is 0.330 e. The van der Waals surface area contributed by atoms with E-state index in [0.29, 0.717) is 12.0 Å². The van der Waals surface area contributed by atoms with E-state index in [1.54, 1.807) is 0 Å². The van der Waals surface area contributed by atoms with Gasteiger partial charge in [0.1, 0.15) is 0 Å². The summed E-state index contributed by atoms with van der Waals surface area (Å²) >= 11 is 0. The van der Waals surface area contributed by atoms with Gasteiger partial charge in [-0.25, -0.2) is 4.79 Å². The number of carboxylic acids is 1. The Kier molecular flexibility index (Phi) is 15.0. The van der Waals surface area contributed by atoms with Crippen molar-refractivity contribution in [3.05, 3.63) is 12.2 Å². The molecule has 0 spiro atoms. The second-order valence-corrected chi connectivity index (χ2v) is 6.25. The van der Waals surface area contributed by atoms with Crippen LogP contribution in [0.1, 0.15) is 103 Å². The van der Waals surface area contributed by atoms with Crippen molar-refractivity contribution in [1.82, 2.24) is 0 Å². The van der Waals surface area contributed by atoms with Gasteiger partial charge in [-0.05, 0) is 12.8 Å². The highest BCUT2D eigenvalue weighted by molar-refractivity contribution is 5.85. The SMILES string of the molecule is C=C(CCCCCCCCCCCCCCCC)C(=O)O. The third-order valence-electron chi connectivity index (χ3n) is 4.13. The summed E-state index contributed by atoms with van der Waals surface area (Å²) < 4.78 is 0. The lowest BCUT2D eigenvalue weighted by Crippen LogP contribution is -1.98. The first-order valence-electron chi connectivity index (χ1n) is 9.09. The molecule has 124 valence electrons. The van der Waals surface area contributed by atoms with Crippen molar-refractivity contribution in [3.63, 3.8) is 0 Å². The Morgan fingerprint density at radius 2 is 1.05 bits per heavy atom. The second kappa shape index (κ2) is 15.6. The number of aliphatic carboxylic acids is 1. The fourth-order valence-electron chi connectivity index (χ4n) is 2.64. The summed E-state index contributed by atoms with van der Waals surface area (Å²) in [4.78, 5) is 10.6. The van der Waals surface area contributed by atoms with Gasteiger partial charge < -0.3 is 5.11 Å². The van der Waals surface area contributed by atoms with E-state index >= 15 is 0 Å². The molecule has 0 atom stereocenters. The lowest BCUT2D eigenvalue weighted by Gasteiger charge is -2.03. The minimum atomic E-state index is -0.843. The number of hydrogen-bond donors (Lipinski definition) is 1. The van der Waals surface area contributed by atoms with Crippen molar-refractivity contribution >= 4 is 5.97 Å². The number of rotatable bonds is 16. The smallest absolute Gasteiger partial charge is 0.330 e. The van der Waals surface area contributed by atoms with Gasteiger partial charge in [-0.2, -0.15) is 0 Å². The molecule has 0 aromatic heterocycles. The zero-order valence-corrected chi connectivity index (χ0v) is 14.2. The van der Waals surface area contributed by atoms with E-state index < -0.39 is 5.97 Å². The first-order valence-corrected chi connectivity index (χ1v) is 9.09. The predicted molar refractivity (Wildman–Crippen MR) is 91.7 cm³/mol. The van der Waals surface area contributed by atoms with Gasteiger partial charge in [0.2, 0.25) is 0 Å². The van der Waals surface area contributed by atoms with Crippen LogP contribution < -0.4 is 0 Å². The van der Waals surface area contributed by atoms with Crippen molar-refractivity contribution in [2.45, 2.75) is 103 Å². The average molecular weight is 296 g/mol. The lowest BCUT2D eigenvalue weighted by atomic mass is 10.0. The van der Waals surface area contributed by atoms with Crippen LogP contribution in [0.25, 0.3) is 0 Å². The molecule has 0 amide bonds. The molecule has 0 aliphatic rings. The van der Waals surface area contributed by atoms with E-state index in [0.717, 1.165) is 12.8 Å². The van der Waals surface area contributed by atoms with E-state index in [1.165, 1.54) is 77.0 Å².